The molecule has 0 amide bonds. The summed E-state index contributed by atoms with van der Waals surface area (Å²) >= 11 is 0. The van der Waals surface area contributed by atoms with E-state index in [9.17, 15) is 10.3 Å². The monoisotopic (exact) mass is 277 g/mol. The topological polar surface area (TPSA) is 60.0 Å². The molecule has 2 aliphatic heterocycles. The van der Waals surface area contributed by atoms with Crippen molar-refractivity contribution in [2.45, 2.75) is 25.1 Å². The maximum absolute atomic E-state index is 12.5. The first-order valence-electron chi connectivity index (χ1n) is 7.12. The molecule has 0 spiro atoms. The molecule has 0 unspecified atom stereocenters. The molecule has 2 atom stereocenters. The van der Waals surface area contributed by atoms with Crippen LogP contribution in [0.5, 0.6) is 0 Å². The highest BCUT2D eigenvalue weighted by molar-refractivity contribution is 5.80. The summed E-state index contributed by atoms with van der Waals surface area (Å²) in [4.78, 5) is 1.11. The van der Waals surface area contributed by atoms with E-state index < -0.39 is 11.8 Å². The number of aliphatic hydroxyl groups is 1. The molecule has 3 rings (SSSR count). The van der Waals surface area contributed by atoms with E-state index in [2.05, 4.69) is 0 Å². The maximum atomic E-state index is 12.5. The minimum atomic E-state index is -1.11. The molecule has 1 aromatic rings. The Bertz CT molecular complexity index is 511. The van der Waals surface area contributed by atoms with Crippen LogP contribution >= 0.6 is 0 Å². The highest BCUT2D eigenvalue weighted by atomic mass is 16.5. The standard InChI is InChI=1S/C15H20N2O3/c1-12-11-15(18,13-5-3-2-4-6-13)14(17(12)19)16-7-9-20-10-8-16/h2-6,14,18H,7-11H2,1H3/p+1/t14-,15-/m1/s1. The number of hydrogen-bond acceptors (Lipinski definition) is 3. The minimum absolute atomic E-state index is 0.398. The molecule has 2 aliphatic rings. The van der Waals surface area contributed by atoms with Crippen molar-refractivity contribution < 1.29 is 19.5 Å². The molecule has 20 heavy (non-hydrogen) atoms. The van der Waals surface area contributed by atoms with Gasteiger partial charge in [0.15, 0.2) is 5.71 Å². The van der Waals surface area contributed by atoms with Crippen LogP contribution in [-0.4, -0.2) is 48.0 Å². The van der Waals surface area contributed by atoms with Crippen LogP contribution in [0.1, 0.15) is 18.9 Å². The fraction of sp³-hybridized carbons (Fsp3) is 0.533. The van der Waals surface area contributed by atoms with Gasteiger partial charge in [-0.15, -0.1) is 0 Å². The lowest BCUT2D eigenvalue weighted by Crippen LogP contribution is -3.20. The lowest BCUT2D eigenvalue weighted by Gasteiger charge is -2.34. The van der Waals surface area contributed by atoms with Crippen LogP contribution in [0.3, 0.4) is 0 Å². The van der Waals surface area contributed by atoms with Gasteiger partial charge in [0.1, 0.15) is 13.1 Å². The van der Waals surface area contributed by atoms with Gasteiger partial charge in [-0.3, -0.25) is 4.90 Å². The van der Waals surface area contributed by atoms with Crippen molar-refractivity contribution in [3.05, 3.63) is 41.1 Å². The van der Waals surface area contributed by atoms with E-state index in [1.54, 1.807) is 6.92 Å². The summed E-state index contributed by atoms with van der Waals surface area (Å²) in [5, 5.41) is 23.6. The van der Waals surface area contributed by atoms with Gasteiger partial charge in [-0.25, -0.2) is 0 Å². The fourth-order valence-electron chi connectivity index (χ4n) is 3.38. The van der Waals surface area contributed by atoms with Gasteiger partial charge in [0.05, 0.1) is 19.6 Å². The van der Waals surface area contributed by atoms with Crippen LogP contribution in [0.2, 0.25) is 0 Å². The van der Waals surface area contributed by atoms with Crippen molar-refractivity contribution in [3.63, 3.8) is 0 Å². The Morgan fingerprint density at radius 3 is 2.60 bits per heavy atom. The number of ether oxygens (including phenoxy) is 1. The van der Waals surface area contributed by atoms with E-state index in [-0.39, 0.29) is 0 Å². The summed E-state index contributed by atoms with van der Waals surface area (Å²) in [7, 11) is 0. The lowest BCUT2D eigenvalue weighted by atomic mass is 9.87. The van der Waals surface area contributed by atoms with Gasteiger partial charge in [0.25, 0.3) is 0 Å². The maximum Gasteiger partial charge on any atom is 0.322 e. The normalized spacial score (nSPS) is 31.8. The first-order chi connectivity index (χ1) is 9.63. The van der Waals surface area contributed by atoms with Crippen molar-refractivity contribution in [3.8, 4) is 0 Å². The number of morpholine rings is 1. The summed E-state index contributed by atoms with van der Waals surface area (Å²) in [5.41, 5.74) is 0.404. The predicted molar refractivity (Wildman–Crippen MR) is 74.6 cm³/mol. The Morgan fingerprint density at radius 2 is 1.95 bits per heavy atom. The summed E-state index contributed by atoms with van der Waals surface area (Å²) < 4.78 is 6.37. The number of rotatable bonds is 2. The second kappa shape index (κ2) is 5.16. The zero-order chi connectivity index (χ0) is 14.2. The summed E-state index contributed by atoms with van der Waals surface area (Å²) in [6.45, 7) is 4.60. The molecule has 0 aliphatic carbocycles. The van der Waals surface area contributed by atoms with Crippen molar-refractivity contribution in [1.29, 1.82) is 0 Å². The third kappa shape index (κ3) is 2.12. The highest BCUT2D eigenvalue weighted by Gasteiger charge is 2.57. The minimum Gasteiger partial charge on any atom is -0.619 e. The van der Waals surface area contributed by atoms with E-state index in [0.717, 1.165) is 28.3 Å². The Labute approximate surface area is 118 Å². The van der Waals surface area contributed by atoms with Gasteiger partial charge >= 0.3 is 6.17 Å². The van der Waals surface area contributed by atoms with E-state index in [0.29, 0.717) is 25.3 Å². The molecule has 2 heterocycles. The van der Waals surface area contributed by atoms with Gasteiger partial charge in [0, 0.05) is 6.92 Å². The zero-order valence-electron chi connectivity index (χ0n) is 11.7. The SMILES string of the molecule is CC1=[N+]([O-])[C@@H]([NH+]2CCOCC2)[C@](O)(c2ccccc2)C1. The number of benzene rings is 1. The summed E-state index contributed by atoms with van der Waals surface area (Å²) in [6, 6.07) is 9.53. The first kappa shape index (κ1) is 13.5. The van der Waals surface area contributed by atoms with Gasteiger partial charge in [-0.05, 0) is 5.56 Å². The molecule has 1 aromatic carbocycles. The van der Waals surface area contributed by atoms with Crippen molar-refractivity contribution in [2.24, 2.45) is 0 Å². The highest BCUT2D eigenvalue weighted by Crippen LogP contribution is 2.33. The average Bonchev–Trinajstić information content (AvgIpc) is 2.72. The Morgan fingerprint density at radius 1 is 1.30 bits per heavy atom. The molecule has 0 saturated carbocycles. The van der Waals surface area contributed by atoms with E-state index in [4.69, 9.17) is 4.74 Å². The van der Waals surface area contributed by atoms with Crippen LogP contribution in [0, 0.1) is 5.21 Å². The number of quaternary nitrogens is 1. The van der Waals surface area contributed by atoms with Gasteiger partial charge in [0.2, 0.25) is 5.60 Å². The fourth-order valence-corrected chi connectivity index (χ4v) is 3.38. The molecule has 0 radical (unpaired) electrons. The number of hydrogen-bond donors (Lipinski definition) is 2. The van der Waals surface area contributed by atoms with Crippen LogP contribution < -0.4 is 4.90 Å². The lowest BCUT2D eigenvalue weighted by molar-refractivity contribution is -1.01. The first-order valence-corrected chi connectivity index (χ1v) is 7.12. The van der Waals surface area contributed by atoms with Crippen molar-refractivity contribution in [2.75, 3.05) is 26.3 Å². The largest absolute Gasteiger partial charge is 0.619 e. The van der Waals surface area contributed by atoms with E-state index in [1.165, 1.54) is 0 Å². The smallest absolute Gasteiger partial charge is 0.322 e. The van der Waals surface area contributed by atoms with Crippen LogP contribution in [0.25, 0.3) is 0 Å². The molecule has 5 nitrogen and oxygen atoms in total. The Kier molecular flexibility index (Phi) is 3.50. The summed E-state index contributed by atoms with van der Waals surface area (Å²) in [6.07, 6.45) is -0.0796. The second-order valence-corrected chi connectivity index (χ2v) is 5.70. The number of hydroxylamine groups is 1. The van der Waals surface area contributed by atoms with Crippen molar-refractivity contribution in [1.82, 2.24) is 0 Å². The number of nitrogens with zero attached hydrogens (tertiary/aromatic N) is 1. The van der Waals surface area contributed by atoms with Crippen LogP contribution in [0.15, 0.2) is 30.3 Å². The molecule has 2 N–H and O–H groups in total. The molecule has 5 heteroatoms. The molecule has 1 saturated heterocycles. The zero-order valence-corrected chi connectivity index (χ0v) is 11.7. The van der Waals surface area contributed by atoms with Crippen molar-refractivity contribution >= 4 is 5.71 Å². The van der Waals surface area contributed by atoms with E-state index in [1.807, 2.05) is 30.3 Å². The third-order valence-electron chi connectivity index (χ3n) is 4.38. The van der Waals surface area contributed by atoms with Crippen LogP contribution in [-0.2, 0) is 10.3 Å². The number of nitrogens with one attached hydrogen (secondary N) is 1. The third-order valence-corrected chi connectivity index (χ3v) is 4.38. The molecule has 0 aromatic heterocycles. The van der Waals surface area contributed by atoms with Crippen LogP contribution in [0.4, 0.5) is 0 Å². The van der Waals surface area contributed by atoms with Gasteiger partial charge in [-0.1, -0.05) is 30.3 Å². The molecule has 0 bridgehead atoms. The van der Waals surface area contributed by atoms with E-state index >= 15 is 0 Å². The summed E-state index contributed by atoms with van der Waals surface area (Å²) in [5.74, 6) is 0. The molecular formula is C15H21N2O3+. The molecule has 1 fully saturated rings. The molecule has 108 valence electrons. The second-order valence-electron chi connectivity index (χ2n) is 5.70. The van der Waals surface area contributed by atoms with Gasteiger partial charge in [-0.2, -0.15) is 4.74 Å². The predicted octanol–water partition coefficient (Wildman–Crippen LogP) is -0.510. The Hall–Kier alpha value is -1.43. The molecular weight excluding hydrogens is 256 g/mol. The van der Waals surface area contributed by atoms with Gasteiger partial charge < -0.3 is 15.1 Å². The Balaban J connectivity index is 1.97. The quantitative estimate of drug-likeness (QED) is 0.565. The average molecular weight is 277 g/mol.